The predicted octanol–water partition coefficient (Wildman–Crippen LogP) is 3.49. The van der Waals surface area contributed by atoms with E-state index in [0.29, 0.717) is 30.0 Å². The molecule has 0 fully saturated rings. The molecule has 0 aliphatic carbocycles. The molecule has 2 aromatic rings. The largest absolute Gasteiger partial charge is 0.385 e. The number of hydrogen-bond acceptors (Lipinski definition) is 4. The van der Waals surface area contributed by atoms with Gasteiger partial charge < -0.3 is 15.4 Å². The molecule has 0 aliphatic heterocycles. The number of methoxy groups -OCH3 is 1. The van der Waals surface area contributed by atoms with Crippen LogP contribution in [0.3, 0.4) is 0 Å². The van der Waals surface area contributed by atoms with Crippen LogP contribution >= 0.6 is 34.8 Å². The van der Waals surface area contributed by atoms with Crippen LogP contribution in [0.25, 0.3) is 0 Å². The molecule has 0 atom stereocenters. The molecule has 0 bridgehead atoms. The van der Waals surface area contributed by atoms with Crippen LogP contribution in [0.15, 0.2) is 42.5 Å². The number of hydrogen-bond donors (Lipinski definition) is 3. The highest BCUT2D eigenvalue weighted by molar-refractivity contribution is 14.1. The maximum atomic E-state index is 12.3. The highest BCUT2D eigenvalue weighted by atomic mass is 127. The average Bonchev–Trinajstić information content (AvgIpc) is 2.67. The SMILES string of the molecule is COCCCNC(=O)c1ccc(NC(=S)NC(=O)c2ccc(C)c(I)c2)cc1. The Balaban J connectivity index is 1.87. The second-order valence-corrected chi connectivity index (χ2v) is 7.62. The Bertz CT molecular complexity index is 856. The molecule has 0 heterocycles. The molecule has 148 valence electrons. The van der Waals surface area contributed by atoms with Crippen LogP contribution in [-0.2, 0) is 4.74 Å². The van der Waals surface area contributed by atoms with Crippen molar-refractivity contribution in [2.24, 2.45) is 0 Å². The zero-order valence-electron chi connectivity index (χ0n) is 15.7. The number of thiocarbonyl (C=S) groups is 1. The van der Waals surface area contributed by atoms with Crippen molar-refractivity contribution in [3.8, 4) is 0 Å². The molecule has 2 amide bonds. The lowest BCUT2D eigenvalue weighted by Crippen LogP contribution is -2.34. The van der Waals surface area contributed by atoms with E-state index in [0.717, 1.165) is 15.6 Å². The van der Waals surface area contributed by atoms with E-state index in [4.69, 9.17) is 17.0 Å². The van der Waals surface area contributed by atoms with Crippen molar-refractivity contribution in [2.75, 3.05) is 25.6 Å². The van der Waals surface area contributed by atoms with E-state index in [1.807, 2.05) is 19.1 Å². The number of halogens is 1. The summed E-state index contributed by atoms with van der Waals surface area (Å²) in [5, 5.41) is 8.62. The Labute approximate surface area is 183 Å². The maximum Gasteiger partial charge on any atom is 0.257 e. The van der Waals surface area contributed by atoms with E-state index < -0.39 is 0 Å². The third kappa shape index (κ3) is 6.84. The Morgan fingerprint density at radius 1 is 1.07 bits per heavy atom. The fraction of sp³-hybridized carbons (Fsp3) is 0.250. The third-order valence-electron chi connectivity index (χ3n) is 3.88. The summed E-state index contributed by atoms with van der Waals surface area (Å²) in [7, 11) is 1.63. The number of amides is 2. The van der Waals surface area contributed by atoms with Crippen LogP contribution in [0.2, 0.25) is 0 Å². The molecule has 0 spiro atoms. The molecule has 0 unspecified atom stereocenters. The number of ether oxygens (including phenoxy) is 1. The lowest BCUT2D eigenvalue weighted by molar-refractivity contribution is 0.0946. The maximum absolute atomic E-state index is 12.3. The van der Waals surface area contributed by atoms with E-state index >= 15 is 0 Å². The summed E-state index contributed by atoms with van der Waals surface area (Å²) in [6.07, 6.45) is 0.760. The smallest absolute Gasteiger partial charge is 0.257 e. The van der Waals surface area contributed by atoms with Gasteiger partial charge in [-0.1, -0.05) is 6.07 Å². The number of carbonyl (C=O) groups is 2. The van der Waals surface area contributed by atoms with E-state index in [1.165, 1.54) is 0 Å². The first-order chi connectivity index (χ1) is 13.4. The van der Waals surface area contributed by atoms with Gasteiger partial charge in [-0.25, -0.2) is 0 Å². The van der Waals surface area contributed by atoms with E-state index in [1.54, 1.807) is 37.4 Å². The molecular formula is C20H22IN3O3S. The molecule has 2 aromatic carbocycles. The lowest BCUT2D eigenvalue weighted by Gasteiger charge is -2.11. The van der Waals surface area contributed by atoms with Crippen molar-refractivity contribution in [2.45, 2.75) is 13.3 Å². The molecule has 28 heavy (non-hydrogen) atoms. The standard InChI is InChI=1S/C20H22IN3O3S/c1-13-4-5-15(12-17(13)21)19(26)24-20(28)23-16-8-6-14(7-9-16)18(25)22-10-3-11-27-2/h4-9,12H,3,10-11H2,1-2H3,(H,22,25)(H2,23,24,26,28). The first-order valence-electron chi connectivity index (χ1n) is 8.66. The minimum Gasteiger partial charge on any atom is -0.385 e. The number of aryl methyl sites for hydroxylation is 1. The van der Waals surface area contributed by atoms with Crippen molar-refractivity contribution < 1.29 is 14.3 Å². The number of nitrogens with one attached hydrogen (secondary N) is 3. The van der Waals surface area contributed by atoms with Crippen molar-refractivity contribution >= 4 is 57.4 Å². The summed E-state index contributed by atoms with van der Waals surface area (Å²) in [6.45, 7) is 3.15. The molecule has 8 heteroatoms. The van der Waals surface area contributed by atoms with Crippen molar-refractivity contribution in [3.63, 3.8) is 0 Å². The fourth-order valence-corrected chi connectivity index (χ4v) is 3.02. The summed E-state index contributed by atoms with van der Waals surface area (Å²) in [5.74, 6) is -0.421. The first-order valence-corrected chi connectivity index (χ1v) is 10.1. The van der Waals surface area contributed by atoms with Crippen LogP contribution in [-0.4, -0.2) is 37.2 Å². The van der Waals surface area contributed by atoms with Crippen LogP contribution in [0.1, 0.15) is 32.7 Å². The van der Waals surface area contributed by atoms with Gasteiger partial charge in [-0.05, 0) is 90.1 Å². The zero-order chi connectivity index (χ0) is 20.5. The molecule has 3 N–H and O–H groups in total. The number of carbonyl (C=O) groups excluding carboxylic acids is 2. The van der Waals surface area contributed by atoms with E-state index in [2.05, 4.69) is 38.5 Å². The van der Waals surface area contributed by atoms with Gasteiger partial charge >= 0.3 is 0 Å². The van der Waals surface area contributed by atoms with E-state index in [9.17, 15) is 9.59 Å². The van der Waals surface area contributed by atoms with Crippen molar-refractivity contribution in [3.05, 3.63) is 62.7 Å². The Morgan fingerprint density at radius 3 is 2.39 bits per heavy atom. The van der Waals surface area contributed by atoms with Crippen molar-refractivity contribution in [1.29, 1.82) is 0 Å². The summed E-state index contributed by atoms with van der Waals surface area (Å²) in [6, 6.07) is 12.3. The number of anilines is 1. The Kier molecular flexibility index (Phi) is 8.81. The van der Waals surface area contributed by atoms with Crippen LogP contribution in [0.4, 0.5) is 5.69 Å². The topological polar surface area (TPSA) is 79.5 Å². The molecule has 0 saturated carbocycles. The molecule has 0 aromatic heterocycles. The van der Waals surface area contributed by atoms with Crippen LogP contribution in [0.5, 0.6) is 0 Å². The lowest BCUT2D eigenvalue weighted by atomic mass is 10.1. The summed E-state index contributed by atoms with van der Waals surface area (Å²) < 4.78 is 5.96. The zero-order valence-corrected chi connectivity index (χ0v) is 18.6. The fourth-order valence-electron chi connectivity index (χ4n) is 2.30. The van der Waals surface area contributed by atoms with Gasteiger partial charge in [-0.3, -0.25) is 14.9 Å². The Hall–Kier alpha value is -2.04. The highest BCUT2D eigenvalue weighted by Gasteiger charge is 2.10. The van der Waals surface area contributed by atoms with Crippen LogP contribution in [0, 0.1) is 10.5 Å². The van der Waals surface area contributed by atoms with Crippen molar-refractivity contribution in [1.82, 2.24) is 10.6 Å². The first kappa shape index (κ1) is 22.3. The second-order valence-electron chi connectivity index (χ2n) is 6.05. The quantitative estimate of drug-likeness (QED) is 0.302. The Morgan fingerprint density at radius 2 is 1.75 bits per heavy atom. The van der Waals surface area contributed by atoms with Gasteiger partial charge in [0.25, 0.3) is 11.8 Å². The predicted molar refractivity (Wildman–Crippen MR) is 123 cm³/mol. The average molecular weight is 511 g/mol. The normalized spacial score (nSPS) is 10.2. The van der Waals surface area contributed by atoms with Gasteiger partial charge in [0.15, 0.2) is 5.11 Å². The molecule has 2 rings (SSSR count). The molecular weight excluding hydrogens is 489 g/mol. The summed E-state index contributed by atoms with van der Waals surface area (Å²) in [4.78, 5) is 24.3. The second kappa shape index (κ2) is 11.1. The van der Waals surface area contributed by atoms with Gasteiger partial charge in [0.2, 0.25) is 0 Å². The summed E-state index contributed by atoms with van der Waals surface area (Å²) >= 11 is 7.39. The third-order valence-corrected chi connectivity index (χ3v) is 5.24. The summed E-state index contributed by atoms with van der Waals surface area (Å²) in [5.41, 5.74) is 2.88. The molecule has 0 aliphatic rings. The van der Waals surface area contributed by atoms with Gasteiger partial charge in [0, 0.05) is 40.6 Å². The molecule has 0 radical (unpaired) electrons. The van der Waals surface area contributed by atoms with E-state index in [-0.39, 0.29) is 16.9 Å². The van der Waals surface area contributed by atoms with Gasteiger partial charge in [-0.15, -0.1) is 0 Å². The van der Waals surface area contributed by atoms with Gasteiger partial charge in [-0.2, -0.15) is 0 Å². The number of rotatable bonds is 7. The number of benzene rings is 2. The molecule has 0 saturated heterocycles. The monoisotopic (exact) mass is 511 g/mol. The van der Waals surface area contributed by atoms with Gasteiger partial charge in [0.1, 0.15) is 0 Å². The van der Waals surface area contributed by atoms with Crippen LogP contribution < -0.4 is 16.0 Å². The minimum atomic E-state index is -0.275. The highest BCUT2D eigenvalue weighted by Crippen LogP contribution is 2.14. The van der Waals surface area contributed by atoms with Gasteiger partial charge in [0.05, 0.1) is 0 Å². The molecule has 6 nitrogen and oxygen atoms in total. The minimum absolute atomic E-state index is 0.146.